The lowest BCUT2D eigenvalue weighted by molar-refractivity contribution is -0.141. The van der Waals surface area contributed by atoms with Crippen LogP contribution in [0, 0.1) is 0 Å². The Bertz CT molecular complexity index is 1160. The van der Waals surface area contributed by atoms with Crippen LogP contribution >= 0.6 is 23.2 Å². The molecule has 0 radical (unpaired) electrons. The number of rotatable bonds is 4. The number of para-hydroxylation sites is 1. The molecule has 158 valence electrons. The highest BCUT2D eigenvalue weighted by molar-refractivity contribution is 6.42. The van der Waals surface area contributed by atoms with Crippen molar-refractivity contribution >= 4 is 46.5 Å². The molecule has 3 aromatic rings. The molecule has 2 atom stereocenters. The number of halogens is 2. The van der Waals surface area contributed by atoms with Gasteiger partial charge in [0.25, 0.3) is 11.6 Å². The van der Waals surface area contributed by atoms with Gasteiger partial charge in [0.1, 0.15) is 0 Å². The molecule has 0 spiro atoms. The second-order valence-corrected chi connectivity index (χ2v) is 8.00. The molecule has 3 aromatic carbocycles. The fourth-order valence-electron chi connectivity index (χ4n) is 3.61. The number of benzene rings is 3. The van der Waals surface area contributed by atoms with E-state index in [2.05, 4.69) is 10.6 Å². The van der Waals surface area contributed by atoms with Gasteiger partial charge < -0.3 is 15.7 Å². The van der Waals surface area contributed by atoms with Gasteiger partial charge in [0.15, 0.2) is 0 Å². The number of urea groups is 1. The first-order valence-corrected chi connectivity index (χ1v) is 10.3. The number of nitrogens with zero attached hydrogens (tertiary/aromatic N) is 1. The molecular weight excluding hydrogens is 437 g/mol. The minimum absolute atomic E-state index is 0.186. The van der Waals surface area contributed by atoms with Crippen LogP contribution in [0.4, 0.5) is 16.2 Å². The number of carbonyl (C=O) groups is 2. The van der Waals surface area contributed by atoms with Gasteiger partial charge in [0.2, 0.25) is 0 Å². The van der Waals surface area contributed by atoms with Crippen molar-refractivity contribution in [3.8, 4) is 0 Å². The van der Waals surface area contributed by atoms with Crippen LogP contribution in [0.5, 0.6) is 0 Å². The molecule has 1 aliphatic heterocycles. The molecule has 0 aromatic heterocycles. The quantitative estimate of drug-likeness (QED) is 0.513. The Labute approximate surface area is 189 Å². The van der Waals surface area contributed by atoms with Crippen LogP contribution in [0.1, 0.15) is 24.1 Å². The number of anilines is 2. The van der Waals surface area contributed by atoms with E-state index in [1.165, 1.54) is 18.2 Å². The van der Waals surface area contributed by atoms with E-state index >= 15 is 0 Å². The van der Waals surface area contributed by atoms with Gasteiger partial charge in [-0.05, 0) is 36.8 Å². The van der Waals surface area contributed by atoms with Crippen molar-refractivity contribution < 1.29 is 14.7 Å². The lowest BCUT2D eigenvalue weighted by atomic mass is 9.94. The maximum absolute atomic E-state index is 13.5. The Morgan fingerprint density at radius 3 is 2.42 bits per heavy atom. The SMILES string of the molecule is C[C@@H](NC(=O)[C@]1(O)c2ccccc2NC(=O)N1c1ccc(Cl)c(Cl)c1)c1ccccc1. The molecule has 0 saturated heterocycles. The van der Waals surface area contributed by atoms with Gasteiger partial charge in [-0.15, -0.1) is 0 Å². The molecule has 3 N–H and O–H groups in total. The summed E-state index contributed by atoms with van der Waals surface area (Å²) in [6.45, 7) is 1.80. The summed E-state index contributed by atoms with van der Waals surface area (Å²) in [5, 5.41) is 17.8. The molecule has 6 nitrogen and oxygen atoms in total. The molecular formula is C23H19Cl2N3O3. The molecule has 0 bridgehead atoms. The normalized spacial score (nSPS) is 18.7. The van der Waals surface area contributed by atoms with Crippen molar-refractivity contribution in [1.82, 2.24) is 5.32 Å². The molecule has 4 rings (SSSR count). The van der Waals surface area contributed by atoms with Crippen LogP contribution in [0.25, 0.3) is 0 Å². The minimum atomic E-state index is -2.32. The zero-order valence-corrected chi connectivity index (χ0v) is 18.0. The third kappa shape index (κ3) is 3.74. The van der Waals surface area contributed by atoms with Crippen molar-refractivity contribution in [2.45, 2.75) is 18.7 Å². The van der Waals surface area contributed by atoms with Crippen LogP contribution in [0.3, 0.4) is 0 Å². The average Bonchev–Trinajstić information content (AvgIpc) is 2.76. The standard InChI is InChI=1S/C23H19Cl2N3O3/c1-14(15-7-3-2-4-8-15)26-21(29)23(31)17-9-5-6-10-20(17)27-22(30)28(23)16-11-12-18(24)19(25)13-16/h2-14,31H,1H3,(H,26,29)(H,27,30)/t14-,23-/m1/s1. The van der Waals surface area contributed by atoms with E-state index in [9.17, 15) is 14.7 Å². The van der Waals surface area contributed by atoms with Crippen molar-refractivity contribution in [2.75, 3.05) is 10.2 Å². The van der Waals surface area contributed by atoms with Gasteiger partial charge in [-0.3, -0.25) is 9.69 Å². The number of hydrogen-bond donors (Lipinski definition) is 3. The first-order valence-electron chi connectivity index (χ1n) is 9.56. The summed E-state index contributed by atoms with van der Waals surface area (Å²) in [5.41, 5.74) is -0.674. The number of fused-ring (bicyclic) bond motifs is 1. The summed E-state index contributed by atoms with van der Waals surface area (Å²) in [6.07, 6.45) is 0. The van der Waals surface area contributed by atoms with E-state index in [4.69, 9.17) is 23.2 Å². The predicted octanol–water partition coefficient (Wildman–Crippen LogP) is 5.07. The fourth-order valence-corrected chi connectivity index (χ4v) is 3.90. The lowest BCUT2D eigenvalue weighted by Gasteiger charge is -2.43. The summed E-state index contributed by atoms with van der Waals surface area (Å²) < 4.78 is 0. The second-order valence-electron chi connectivity index (χ2n) is 7.19. The summed E-state index contributed by atoms with van der Waals surface area (Å²) in [5.74, 6) is -0.753. The highest BCUT2D eigenvalue weighted by Crippen LogP contribution is 2.41. The van der Waals surface area contributed by atoms with E-state index in [1.807, 2.05) is 30.3 Å². The first-order chi connectivity index (χ1) is 14.8. The zero-order valence-electron chi connectivity index (χ0n) is 16.5. The van der Waals surface area contributed by atoms with Crippen molar-refractivity contribution in [1.29, 1.82) is 0 Å². The fraction of sp³-hybridized carbons (Fsp3) is 0.130. The smallest absolute Gasteiger partial charge is 0.329 e. The van der Waals surface area contributed by atoms with E-state index in [1.54, 1.807) is 31.2 Å². The molecule has 1 heterocycles. The molecule has 3 amide bonds. The van der Waals surface area contributed by atoms with Gasteiger partial charge in [-0.1, -0.05) is 71.7 Å². The topological polar surface area (TPSA) is 81.7 Å². The second kappa shape index (κ2) is 8.23. The summed E-state index contributed by atoms with van der Waals surface area (Å²) in [7, 11) is 0. The molecule has 0 saturated carbocycles. The molecule has 31 heavy (non-hydrogen) atoms. The Morgan fingerprint density at radius 2 is 1.71 bits per heavy atom. The maximum Gasteiger partial charge on any atom is 0.329 e. The van der Waals surface area contributed by atoms with Crippen molar-refractivity contribution in [3.05, 3.63) is 94.0 Å². The maximum atomic E-state index is 13.5. The number of nitrogens with one attached hydrogen (secondary N) is 2. The number of aliphatic hydroxyl groups is 1. The summed E-state index contributed by atoms with van der Waals surface area (Å²) in [4.78, 5) is 27.5. The van der Waals surface area contributed by atoms with E-state index in [-0.39, 0.29) is 21.3 Å². The van der Waals surface area contributed by atoms with Gasteiger partial charge >= 0.3 is 6.03 Å². The molecule has 0 fully saturated rings. The largest absolute Gasteiger partial charge is 0.359 e. The Kier molecular flexibility index (Phi) is 5.62. The summed E-state index contributed by atoms with van der Waals surface area (Å²) >= 11 is 12.2. The minimum Gasteiger partial charge on any atom is -0.359 e. The molecule has 8 heteroatoms. The highest BCUT2D eigenvalue weighted by atomic mass is 35.5. The highest BCUT2D eigenvalue weighted by Gasteiger charge is 2.52. The Hall–Kier alpha value is -3.06. The monoisotopic (exact) mass is 455 g/mol. The first kappa shape index (κ1) is 21.2. The Balaban J connectivity index is 1.81. The van der Waals surface area contributed by atoms with Crippen LogP contribution in [0.15, 0.2) is 72.8 Å². The number of amides is 3. The molecule has 0 aliphatic carbocycles. The van der Waals surface area contributed by atoms with Crippen LogP contribution in [-0.2, 0) is 10.5 Å². The van der Waals surface area contributed by atoms with Crippen LogP contribution in [0.2, 0.25) is 10.0 Å². The summed E-state index contributed by atoms with van der Waals surface area (Å²) in [6, 6.07) is 19.3. The van der Waals surface area contributed by atoms with E-state index in [0.29, 0.717) is 5.69 Å². The van der Waals surface area contributed by atoms with Gasteiger partial charge in [-0.2, -0.15) is 0 Å². The third-order valence-electron chi connectivity index (χ3n) is 5.20. The lowest BCUT2D eigenvalue weighted by Crippen LogP contribution is -2.62. The van der Waals surface area contributed by atoms with Crippen LogP contribution < -0.4 is 15.5 Å². The van der Waals surface area contributed by atoms with Gasteiger partial charge in [-0.25, -0.2) is 4.79 Å². The predicted molar refractivity (Wildman–Crippen MR) is 121 cm³/mol. The third-order valence-corrected chi connectivity index (χ3v) is 5.94. The average molecular weight is 456 g/mol. The van der Waals surface area contributed by atoms with E-state index < -0.39 is 23.7 Å². The molecule has 0 unspecified atom stereocenters. The van der Waals surface area contributed by atoms with Crippen LogP contribution in [-0.4, -0.2) is 17.0 Å². The number of hydrogen-bond acceptors (Lipinski definition) is 3. The van der Waals surface area contributed by atoms with E-state index in [0.717, 1.165) is 10.5 Å². The molecule has 1 aliphatic rings. The van der Waals surface area contributed by atoms with Crippen molar-refractivity contribution in [3.63, 3.8) is 0 Å². The van der Waals surface area contributed by atoms with Gasteiger partial charge in [0, 0.05) is 5.56 Å². The van der Waals surface area contributed by atoms with Gasteiger partial charge in [0.05, 0.1) is 27.5 Å². The Morgan fingerprint density at radius 1 is 1.03 bits per heavy atom. The zero-order chi connectivity index (χ0) is 22.2. The van der Waals surface area contributed by atoms with Crippen molar-refractivity contribution in [2.24, 2.45) is 0 Å². The number of carbonyl (C=O) groups excluding carboxylic acids is 2.